The van der Waals surface area contributed by atoms with E-state index in [4.69, 9.17) is 9.47 Å². The minimum atomic E-state index is -2.92. The van der Waals surface area contributed by atoms with Crippen LogP contribution in [-0.2, 0) is 19.2 Å². The van der Waals surface area contributed by atoms with Gasteiger partial charge in [-0.15, -0.1) is 10.1 Å². The second-order valence-corrected chi connectivity index (χ2v) is 9.13. The lowest BCUT2D eigenvalue weighted by atomic mass is 10.00. The molecule has 0 fully saturated rings. The lowest BCUT2D eigenvalue weighted by Crippen LogP contribution is -2.34. The number of unbranched alkanes of at least 4 members (excludes halogenated alkanes) is 2. The Morgan fingerprint density at radius 2 is 1.69 bits per heavy atom. The van der Waals surface area contributed by atoms with Crippen molar-refractivity contribution in [2.45, 2.75) is 119 Å². The molecule has 45 heavy (non-hydrogen) atoms. The van der Waals surface area contributed by atoms with Gasteiger partial charge in [-0.3, -0.25) is 4.79 Å². The van der Waals surface area contributed by atoms with Crippen LogP contribution in [0, 0.1) is 16.0 Å². The quantitative estimate of drug-likeness (QED) is 0.0420. The maximum Gasteiger partial charge on any atom is 0.322 e. The van der Waals surface area contributed by atoms with Crippen LogP contribution < -0.4 is 10.1 Å². The normalized spacial score (nSPS) is 12.3. The van der Waals surface area contributed by atoms with Crippen molar-refractivity contribution in [3.8, 4) is 5.75 Å². The van der Waals surface area contributed by atoms with Gasteiger partial charge in [-0.1, -0.05) is 84.4 Å². The van der Waals surface area contributed by atoms with Crippen molar-refractivity contribution < 1.29 is 37.8 Å². The summed E-state index contributed by atoms with van der Waals surface area (Å²) in [5, 5.41) is 11.6. The number of hydrogen-bond donors (Lipinski definition) is 1. The van der Waals surface area contributed by atoms with Gasteiger partial charge in [-0.05, 0) is 77.6 Å². The fourth-order valence-corrected chi connectivity index (χ4v) is 2.93. The molecule has 0 aliphatic carbocycles. The van der Waals surface area contributed by atoms with Gasteiger partial charge in [-0.25, -0.2) is 0 Å². The highest BCUT2D eigenvalue weighted by Gasteiger charge is 2.26. The molecular formula is C34H60F2N2O7. The number of halogens is 2. The predicted molar refractivity (Wildman–Crippen MR) is 179 cm³/mol. The number of nitrogens with one attached hydrogen (secondary N) is 1. The molecule has 0 saturated carbocycles. The number of aldehydes is 1. The second kappa shape index (κ2) is 35.1. The van der Waals surface area contributed by atoms with Crippen LogP contribution in [0.15, 0.2) is 54.6 Å². The highest BCUT2D eigenvalue weighted by molar-refractivity contribution is 5.75. The van der Waals surface area contributed by atoms with Crippen LogP contribution in [0.25, 0.3) is 0 Å². The zero-order valence-electron chi connectivity index (χ0n) is 29.2. The maximum absolute atomic E-state index is 13.6. The first-order valence-corrected chi connectivity index (χ1v) is 15.9. The monoisotopic (exact) mass is 646 g/mol. The number of likely N-dealkylation sites (N-methyl/N-ethyl adjacent to an activating group) is 1. The molecule has 0 heterocycles. The summed E-state index contributed by atoms with van der Waals surface area (Å²) in [6.45, 7) is 16.4. The Morgan fingerprint density at radius 3 is 2.16 bits per heavy atom. The Hall–Kier alpha value is -3.34. The molecule has 11 heteroatoms. The number of hydrogen-bond acceptors (Lipinski definition) is 8. The minimum absolute atomic E-state index is 0.133. The number of carbonyl (C=O) groups is 2. The predicted octanol–water partition coefficient (Wildman–Crippen LogP) is 8.80. The number of carbonyl (C=O) groups excluding carboxylic acids is 2. The van der Waals surface area contributed by atoms with Crippen LogP contribution in [-0.4, -0.2) is 55.7 Å². The van der Waals surface area contributed by atoms with Crippen LogP contribution >= 0.6 is 0 Å². The number of rotatable bonds is 18. The Bertz CT molecular complexity index is 869. The molecule has 0 radical (unpaired) electrons. The number of allylic oxidation sites excluding steroid dienone is 3. The fraction of sp³-hybridized carbons (Fsp3) is 0.647. The average molecular weight is 647 g/mol. The van der Waals surface area contributed by atoms with E-state index in [1.807, 2.05) is 53.7 Å². The summed E-state index contributed by atoms with van der Waals surface area (Å²) in [4.78, 5) is 34.8. The first-order chi connectivity index (χ1) is 21.5. The molecule has 0 aliphatic heterocycles. The Labute approximate surface area is 270 Å². The molecule has 0 spiro atoms. The van der Waals surface area contributed by atoms with E-state index < -0.39 is 35.7 Å². The van der Waals surface area contributed by atoms with Gasteiger partial charge < -0.3 is 24.4 Å². The van der Waals surface area contributed by atoms with Crippen molar-refractivity contribution in [1.82, 2.24) is 5.32 Å². The van der Waals surface area contributed by atoms with Crippen LogP contribution in [0.5, 0.6) is 5.75 Å². The number of nitrogens with zero attached hydrogens (tertiary/aromatic N) is 1. The smallest absolute Gasteiger partial charge is 0.322 e. The zero-order valence-corrected chi connectivity index (χ0v) is 29.2. The molecule has 3 atom stereocenters. The molecule has 3 unspecified atom stereocenters. The zero-order chi connectivity index (χ0) is 35.5. The molecule has 262 valence electrons. The van der Waals surface area contributed by atoms with E-state index >= 15 is 0 Å². The van der Waals surface area contributed by atoms with Crippen LogP contribution in [0.4, 0.5) is 8.78 Å². The number of esters is 1. The number of ether oxygens (including phenoxy) is 2. The summed E-state index contributed by atoms with van der Waals surface area (Å²) in [7, 11) is 1.61. The lowest BCUT2D eigenvalue weighted by molar-refractivity contribution is -0.767. The lowest BCUT2D eigenvalue weighted by Gasteiger charge is -2.15. The van der Waals surface area contributed by atoms with Gasteiger partial charge in [0.15, 0.2) is 6.61 Å². The molecule has 1 aromatic carbocycles. The van der Waals surface area contributed by atoms with Crippen LogP contribution in [0.2, 0.25) is 0 Å². The van der Waals surface area contributed by atoms with Crippen molar-refractivity contribution in [2.24, 2.45) is 5.92 Å². The van der Waals surface area contributed by atoms with Crippen molar-refractivity contribution >= 4 is 12.3 Å². The van der Waals surface area contributed by atoms with Crippen LogP contribution in [0.3, 0.4) is 0 Å². The van der Waals surface area contributed by atoms with E-state index in [1.54, 1.807) is 44.3 Å². The standard InChI is InChI=1S/C16H22F2O.C7H14N2O5.C7H12O.2C2H6/c1-3-8-14(4-2)11-12-16(17,18)13-19-15-9-6-5-7-10-15;1-5(14-9(11)12)4-13-7(10)6(2)8-3;1-2-3-4-5-6-7-8;2*1-2/h5-7,9-12,14H,3-4,8,13H2,1-2H3;5-6,8H,4H2,1-3H3;2-3,7H,4-6H2,1H3;2*1-2H3/b12-11+;;3-2-;;. The first-order valence-electron chi connectivity index (χ1n) is 15.9. The summed E-state index contributed by atoms with van der Waals surface area (Å²) in [6.07, 6.45) is 12.5. The molecule has 0 saturated heterocycles. The highest BCUT2D eigenvalue weighted by atomic mass is 19.3. The van der Waals surface area contributed by atoms with Gasteiger partial charge in [0.25, 0.3) is 11.0 Å². The summed E-state index contributed by atoms with van der Waals surface area (Å²) in [5.74, 6) is -2.69. The minimum Gasteiger partial charge on any atom is -0.487 e. The molecule has 0 aromatic heterocycles. The summed E-state index contributed by atoms with van der Waals surface area (Å²) < 4.78 is 37.1. The van der Waals surface area contributed by atoms with Crippen molar-refractivity contribution in [1.29, 1.82) is 0 Å². The van der Waals surface area contributed by atoms with E-state index in [-0.39, 0.29) is 12.5 Å². The topological polar surface area (TPSA) is 117 Å². The number of benzene rings is 1. The van der Waals surface area contributed by atoms with E-state index in [2.05, 4.69) is 23.2 Å². The molecule has 0 bridgehead atoms. The summed E-state index contributed by atoms with van der Waals surface area (Å²) >= 11 is 0. The van der Waals surface area contributed by atoms with Gasteiger partial charge in [0, 0.05) is 6.42 Å². The SMILES string of the molecule is C/C=C\CCCC=O.CC.CC.CCCC(/C=C/C(F)(F)COc1ccccc1)CC.CNC(C)C(=O)OCC(C)O[N+](=O)[O-]. The average Bonchev–Trinajstić information content (AvgIpc) is 3.05. The van der Waals surface area contributed by atoms with E-state index in [0.717, 1.165) is 44.5 Å². The maximum atomic E-state index is 13.6. The van der Waals surface area contributed by atoms with Gasteiger partial charge in [0.1, 0.15) is 30.8 Å². The summed E-state index contributed by atoms with van der Waals surface area (Å²) in [5.41, 5.74) is 0. The van der Waals surface area contributed by atoms with Gasteiger partial charge >= 0.3 is 5.97 Å². The Kier molecular flexibility index (Phi) is 37.9. The molecular weight excluding hydrogens is 586 g/mol. The van der Waals surface area contributed by atoms with Crippen molar-refractivity contribution in [3.63, 3.8) is 0 Å². The second-order valence-electron chi connectivity index (χ2n) is 9.13. The van der Waals surface area contributed by atoms with Crippen molar-refractivity contribution in [2.75, 3.05) is 20.3 Å². The Balaban J connectivity index is -0.000000284. The van der Waals surface area contributed by atoms with Crippen molar-refractivity contribution in [3.05, 3.63) is 64.8 Å². The third kappa shape index (κ3) is 35.0. The van der Waals surface area contributed by atoms with Gasteiger partial charge in [-0.2, -0.15) is 8.78 Å². The van der Waals surface area contributed by atoms with Gasteiger partial charge in [0.2, 0.25) is 0 Å². The highest BCUT2D eigenvalue weighted by Crippen LogP contribution is 2.21. The first kappa shape index (κ1) is 48.6. The van der Waals surface area contributed by atoms with Crippen LogP contribution in [0.1, 0.15) is 101 Å². The molecule has 0 amide bonds. The third-order valence-corrected chi connectivity index (χ3v) is 5.41. The fourth-order valence-electron chi connectivity index (χ4n) is 2.93. The molecule has 9 nitrogen and oxygen atoms in total. The van der Waals surface area contributed by atoms with E-state index in [1.165, 1.54) is 6.92 Å². The van der Waals surface area contributed by atoms with E-state index in [9.17, 15) is 28.5 Å². The largest absolute Gasteiger partial charge is 0.487 e. The number of para-hydroxylation sites is 1. The molecule has 0 aliphatic rings. The van der Waals surface area contributed by atoms with Gasteiger partial charge in [0.05, 0.1) is 0 Å². The van der Waals surface area contributed by atoms with E-state index in [0.29, 0.717) is 12.2 Å². The molecule has 1 aromatic rings. The molecule has 1 rings (SSSR count). The Morgan fingerprint density at radius 1 is 1.09 bits per heavy atom. The summed E-state index contributed by atoms with van der Waals surface area (Å²) in [6, 6.07) is 8.26. The number of alkyl halides is 2. The molecule has 1 N–H and O–H groups in total. The third-order valence-electron chi connectivity index (χ3n) is 5.41.